The summed E-state index contributed by atoms with van der Waals surface area (Å²) in [5.41, 5.74) is 8.15. The molecule has 0 radical (unpaired) electrons. The summed E-state index contributed by atoms with van der Waals surface area (Å²) < 4.78 is 0. The van der Waals surface area contributed by atoms with E-state index < -0.39 is 8.07 Å². The number of benzene rings is 2. The van der Waals surface area contributed by atoms with E-state index in [0.717, 1.165) is 11.1 Å². The summed E-state index contributed by atoms with van der Waals surface area (Å²) in [5.74, 6) is 3.80. The van der Waals surface area contributed by atoms with Crippen molar-refractivity contribution in [3.05, 3.63) is 119 Å². The second-order valence-corrected chi connectivity index (χ2v) is 21.4. The van der Waals surface area contributed by atoms with Gasteiger partial charge in [-0.15, -0.1) is 0 Å². The van der Waals surface area contributed by atoms with E-state index in [9.17, 15) is 0 Å². The molecule has 0 heterocycles. The Kier molecular flexibility index (Phi) is 7.29. The van der Waals surface area contributed by atoms with Crippen LogP contribution in [0.4, 0.5) is 0 Å². The number of rotatable bonds is 4. The molecule has 2 fully saturated rings. The lowest BCUT2D eigenvalue weighted by atomic mass is 9.75. The van der Waals surface area contributed by atoms with Crippen molar-refractivity contribution in [2.45, 2.75) is 90.4 Å². The standard InChI is InChI=1S/C40H52Si/c1-39(2,3)29-19-21-31-35(23-29)33(27-15-11-9-12-16-27)25-37(31)41(7,8)38-26-34(28-17-13-10-14-18-28)36-24-30(40(4,5)6)20-22-32(36)38/h9-24,31-38H,25-26H2,1-8H3. The molecule has 0 saturated heterocycles. The third-order valence-electron chi connectivity index (χ3n) is 11.6. The van der Waals surface area contributed by atoms with Gasteiger partial charge in [0.2, 0.25) is 0 Å². The summed E-state index contributed by atoms with van der Waals surface area (Å²) >= 11 is 0. The Hall–Kier alpha value is -2.38. The molecule has 0 aromatic heterocycles. The average molecular weight is 561 g/mol. The molecule has 2 aromatic rings. The Morgan fingerprint density at radius 1 is 0.537 bits per heavy atom. The van der Waals surface area contributed by atoms with E-state index in [2.05, 4.69) is 152 Å². The third-order valence-corrected chi connectivity index (χ3v) is 16.7. The molecule has 8 atom stereocenters. The molecule has 2 saturated carbocycles. The Morgan fingerprint density at radius 2 is 0.902 bits per heavy atom. The molecule has 0 amide bonds. The molecule has 1 heteroatoms. The summed E-state index contributed by atoms with van der Waals surface area (Å²) in [7, 11) is -1.70. The van der Waals surface area contributed by atoms with E-state index in [1.165, 1.54) is 24.0 Å². The molecular formula is C40H52Si. The first-order valence-electron chi connectivity index (χ1n) is 16.3. The van der Waals surface area contributed by atoms with Crippen LogP contribution in [0.3, 0.4) is 0 Å². The van der Waals surface area contributed by atoms with Crippen LogP contribution >= 0.6 is 0 Å². The van der Waals surface area contributed by atoms with Crippen LogP contribution in [0.1, 0.15) is 77.3 Å². The van der Waals surface area contributed by atoms with E-state index in [1.54, 1.807) is 11.1 Å². The van der Waals surface area contributed by atoms with Crippen molar-refractivity contribution in [3.63, 3.8) is 0 Å². The van der Waals surface area contributed by atoms with E-state index >= 15 is 0 Å². The van der Waals surface area contributed by atoms with E-state index in [-0.39, 0.29) is 10.8 Å². The van der Waals surface area contributed by atoms with Gasteiger partial charge in [0.25, 0.3) is 0 Å². The highest BCUT2D eigenvalue weighted by Crippen LogP contribution is 2.65. The average Bonchev–Trinajstić information content (AvgIpc) is 3.52. The number of fused-ring (bicyclic) bond motifs is 2. The SMILES string of the molecule is CC(C)(C)C1=CC2C(c3ccccc3)CC([Si](C)(C)C3CC(c4ccccc4)C4C=C(C(C)(C)C)C=CC43)C2C=C1. The number of hydrogen-bond donors (Lipinski definition) is 0. The molecule has 0 bridgehead atoms. The zero-order chi connectivity index (χ0) is 29.2. The molecule has 0 nitrogen and oxygen atoms in total. The molecule has 0 spiro atoms. The fourth-order valence-corrected chi connectivity index (χ4v) is 14.1. The summed E-state index contributed by atoms with van der Waals surface area (Å²) in [6.07, 6.45) is 18.4. The van der Waals surface area contributed by atoms with Gasteiger partial charge in [-0.3, -0.25) is 0 Å². The zero-order valence-corrected chi connectivity index (χ0v) is 27.8. The molecule has 8 unspecified atom stereocenters. The largest absolute Gasteiger partial charge is 0.0805 e. The van der Waals surface area contributed by atoms with Crippen LogP contribution in [0, 0.1) is 34.5 Å². The van der Waals surface area contributed by atoms with Crippen LogP contribution in [-0.4, -0.2) is 8.07 Å². The predicted octanol–water partition coefficient (Wildman–Crippen LogP) is 11.4. The van der Waals surface area contributed by atoms with Crippen molar-refractivity contribution in [1.29, 1.82) is 0 Å². The minimum absolute atomic E-state index is 0.194. The van der Waals surface area contributed by atoms with Gasteiger partial charge in [0.15, 0.2) is 0 Å². The van der Waals surface area contributed by atoms with E-state index in [1.807, 2.05) is 0 Å². The molecular weight excluding hydrogens is 509 g/mol. The molecule has 41 heavy (non-hydrogen) atoms. The van der Waals surface area contributed by atoms with Crippen LogP contribution in [0.5, 0.6) is 0 Å². The van der Waals surface area contributed by atoms with Crippen molar-refractivity contribution < 1.29 is 0 Å². The molecule has 6 rings (SSSR count). The Bertz CT molecular complexity index is 1250. The second kappa shape index (κ2) is 10.4. The van der Waals surface area contributed by atoms with Crippen LogP contribution in [0.25, 0.3) is 0 Å². The second-order valence-electron chi connectivity index (χ2n) is 16.3. The van der Waals surface area contributed by atoms with Crippen molar-refractivity contribution in [2.24, 2.45) is 34.5 Å². The molecule has 4 aliphatic carbocycles. The first kappa shape index (κ1) is 28.7. The van der Waals surface area contributed by atoms with Gasteiger partial charge in [0.1, 0.15) is 0 Å². The molecule has 216 valence electrons. The maximum absolute atomic E-state index is 2.78. The lowest BCUT2D eigenvalue weighted by Gasteiger charge is -2.43. The van der Waals surface area contributed by atoms with Gasteiger partial charge in [-0.1, -0.05) is 152 Å². The molecule has 2 aromatic carbocycles. The van der Waals surface area contributed by atoms with Crippen LogP contribution in [0.15, 0.2) is 108 Å². The van der Waals surface area contributed by atoms with Crippen LogP contribution in [-0.2, 0) is 0 Å². The Balaban J connectivity index is 1.38. The quantitative estimate of drug-likeness (QED) is 0.326. The third kappa shape index (κ3) is 5.22. The lowest BCUT2D eigenvalue weighted by Crippen LogP contribution is -2.42. The van der Waals surface area contributed by atoms with Crippen LogP contribution < -0.4 is 0 Å². The fourth-order valence-electron chi connectivity index (χ4n) is 9.17. The van der Waals surface area contributed by atoms with Crippen LogP contribution in [0.2, 0.25) is 24.2 Å². The van der Waals surface area contributed by atoms with Gasteiger partial charge in [0, 0.05) is 0 Å². The van der Waals surface area contributed by atoms with Gasteiger partial charge in [-0.25, -0.2) is 0 Å². The molecule has 4 aliphatic rings. The highest BCUT2D eigenvalue weighted by atomic mass is 28.3. The minimum atomic E-state index is -1.70. The normalized spacial score (nSPS) is 33.3. The van der Waals surface area contributed by atoms with Crippen molar-refractivity contribution >= 4 is 8.07 Å². The summed E-state index contributed by atoms with van der Waals surface area (Å²) in [5, 5.41) is 0. The fraction of sp³-hybridized carbons (Fsp3) is 0.500. The van der Waals surface area contributed by atoms with Crippen molar-refractivity contribution in [3.8, 4) is 0 Å². The summed E-state index contributed by atoms with van der Waals surface area (Å²) in [6, 6.07) is 23.0. The maximum atomic E-state index is 2.78. The number of hydrogen-bond acceptors (Lipinski definition) is 0. The summed E-state index contributed by atoms with van der Waals surface area (Å²) in [6.45, 7) is 19.8. The maximum Gasteiger partial charge on any atom is 0.0548 e. The highest BCUT2D eigenvalue weighted by Gasteiger charge is 2.57. The zero-order valence-electron chi connectivity index (χ0n) is 26.8. The number of allylic oxidation sites excluding steroid dienone is 8. The topological polar surface area (TPSA) is 0 Å². The first-order valence-corrected chi connectivity index (χ1v) is 19.4. The molecule has 0 aliphatic heterocycles. The lowest BCUT2D eigenvalue weighted by molar-refractivity contribution is 0.453. The minimum Gasteiger partial charge on any atom is -0.0805 e. The highest BCUT2D eigenvalue weighted by molar-refractivity contribution is 6.80. The van der Waals surface area contributed by atoms with Gasteiger partial charge in [-0.2, -0.15) is 0 Å². The van der Waals surface area contributed by atoms with Crippen molar-refractivity contribution in [2.75, 3.05) is 0 Å². The van der Waals surface area contributed by atoms with E-state index in [4.69, 9.17) is 0 Å². The first-order chi connectivity index (χ1) is 19.4. The van der Waals surface area contributed by atoms with Gasteiger partial charge >= 0.3 is 0 Å². The van der Waals surface area contributed by atoms with Gasteiger partial charge in [0.05, 0.1) is 8.07 Å². The Morgan fingerprint density at radius 3 is 1.24 bits per heavy atom. The molecule has 0 N–H and O–H groups in total. The Labute approximate surface area is 251 Å². The predicted molar refractivity (Wildman–Crippen MR) is 180 cm³/mol. The van der Waals surface area contributed by atoms with Gasteiger partial charge in [-0.05, 0) is 92.5 Å². The monoisotopic (exact) mass is 560 g/mol. The summed E-state index contributed by atoms with van der Waals surface area (Å²) in [4.78, 5) is 0. The van der Waals surface area contributed by atoms with Crippen molar-refractivity contribution in [1.82, 2.24) is 0 Å². The van der Waals surface area contributed by atoms with Gasteiger partial charge < -0.3 is 0 Å². The smallest absolute Gasteiger partial charge is 0.0548 e. The van der Waals surface area contributed by atoms with E-state index in [0.29, 0.717) is 35.5 Å².